The van der Waals surface area contributed by atoms with Gasteiger partial charge in [0.25, 0.3) is 0 Å². The van der Waals surface area contributed by atoms with Gasteiger partial charge in [-0.05, 0) is 41.9 Å². The molecule has 4 heteroatoms. The number of aliphatic hydroxyl groups is 2. The third-order valence-electron chi connectivity index (χ3n) is 2.05. The minimum Gasteiger partial charge on any atom is -0.390 e. The van der Waals surface area contributed by atoms with Crippen LogP contribution in [0.4, 0.5) is 0 Å². The molecule has 0 aliphatic carbocycles. The molecule has 2 N–H and O–H groups in total. The molecular formula is C9H12BrNO2. The fraction of sp³-hybridized carbons (Fsp3) is 0.444. The summed E-state index contributed by atoms with van der Waals surface area (Å²) in [5, 5.41) is 19.2. The predicted molar refractivity (Wildman–Crippen MR) is 53.2 cm³/mol. The van der Waals surface area contributed by atoms with Crippen molar-refractivity contribution in [1.29, 1.82) is 0 Å². The number of rotatable bonds is 2. The molecular weight excluding hydrogens is 234 g/mol. The highest BCUT2D eigenvalue weighted by atomic mass is 79.9. The van der Waals surface area contributed by atoms with E-state index in [1.807, 2.05) is 0 Å². The van der Waals surface area contributed by atoms with Crippen molar-refractivity contribution in [3.05, 3.63) is 28.5 Å². The van der Waals surface area contributed by atoms with Crippen LogP contribution in [0.15, 0.2) is 22.8 Å². The van der Waals surface area contributed by atoms with Crippen molar-refractivity contribution < 1.29 is 10.2 Å². The Morgan fingerprint density at radius 1 is 1.54 bits per heavy atom. The van der Waals surface area contributed by atoms with E-state index in [0.717, 1.165) is 0 Å². The maximum absolute atomic E-state index is 9.85. The fourth-order valence-electron chi connectivity index (χ4n) is 0.904. The third-order valence-corrected chi connectivity index (χ3v) is 2.49. The maximum atomic E-state index is 9.85. The fourth-order valence-corrected chi connectivity index (χ4v) is 1.25. The van der Waals surface area contributed by atoms with Crippen LogP contribution < -0.4 is 0 Å². The summed E-state index contributed by atoms with van der Waals surface area (Å²) in [4.78, 5) is 4.07. The summed E-state index contributed by atoms with van der Waals surface area (Å²) in [5.41, 5.74) is -0.846. The summed E-state index contributed by atoms with van der Waals surface area (Å²) in [6.07, 6.45) is -0.853. The lowest BCUT2D eigenvalue weighted by molar-refractivity contribution is -0.0600. The van der Waals surface area contributed by atoms with Crippen molar-refractivity contribution in [3.63, 3.8) is 0 Å². The highest BCUT2D eigenvalue weighted by Crippen LogP contribution is 2.23. The molecule has 0 radical (unpaired) electrons. The van der Waals surface area contributed by atoms with Crippen molar-refractivity contribution in [2.45, 2.75) is 25.6 Å². The molecule has 72 valence electrons. The van der Waals surface area contributed by atoms with Crippen LogP contribution in [0.2, 0.25) is 0 Å². The molecule has 0 saturated heterocycles. The molecule has 0 bridgehead atoms. The van der Waals surface area contributed by atoms with E-state index in [4.69, 9.17) is 0 Å². The van der Waals surface area contributed by atoms with Gasteiger partial charge in [0.05, 0.1) is 11.8 Å². The standard InChI is InChI=1S/C9H12BrNO2/c1-6(12)9(2,13)7-4-3-5-8(10)11-7/h3-6,12-13H,1-2H3/t6-,9-/m0/s1. The largest absolute Gasteiger partial charge is 0.390 e. The van der Waals surface area contributed by atoms with Crippen molar-refractivity contribution in [3.8, 4) is 0 Å². The molecule has 0 unspecified atom stereocenters. The summed E-state index contributed by atoms with van der Waals surface area (Å²) in [7, 11) is 0. The Morgan fingerprint density at radius 2 is 2.15 bits per heavy atom. The zero-order valence-electron chi connectivity index (χ0n) is 7.53. The average Bonchev–Trinajstić information content (AvgIpc) is 2.04. The molecule has 0 aliphatic heterocycles. The number of halogens is 1. The first-order valence-electron chi connectivity index (χ1n) is 3.98. The number of aromatic nitrogens is 1. The predicted octanol–water partition coefficient (Wildman–Crippen LogP) is 1.43. The van der Waals surface area contributed by atoms with E-state index in [9.17, 15) is 10.2 Å². The van der Waals surface area contributed by atoms with Crippen LogP contribution in [0, 0.1) is 0 Å². The Morgan fingerprint density at radius 3 is 2.62 bits per heavy atom. The summed E-state index contributed by atoms with van der Waals surface area (Å²) in [6, 6.07) is 5.21. The SMILES string of the molecule is C[C@H](O)[C@](C)(O)c1cccc(Br)n1. The van der Waals surface area contributed by atoms with Gasteiger partial charge in [0.15, 0.2) is 0 Å². The van der Waals surface area contributed by atoms with Crippen molar-refractivity contribution >= 4 is 15.9 Å². The van der Waals surface area contributed by atoms with Crippen LogP contribution in [-0.2, 0) is 5.60 Å². The van der Waals surface area contributed by atoms with Crippen LogP contribution >= 0.6 is 15.9 Å². The quantitative estimate of drug-likeness (QED) is 0.776. The summed E-state index contributed by atoms with van der Waals surface area (Å²) >= 11 is 3.20. The molecule has 0 fully saturated rings. The molecule has 13 heavy (non-hydrogen) atoms. The Hall–Kier alpha value is -0.450. The van der Waals surface area contributed by atoms with Gasteiger partial charge in [-0.15, -0.1) is 0 Å². The minimum atomic E-state index is -1.30. The van der Waals surface area contributed by atoms with Gasteiger partial charge in [-0.2, -0.15) is 0 Å². The van der Waals surface area contributed by atoms with Gasteiger partial charge < -0.3 is 10.2 Å². The topological polar surface area (TPSA) is 53.4 Å². The molecule has 0 aromatic carbocycles. The number of hydrogen-bond donors (Lipinski definition) is 2. The zero-order chi connectivity index (χ0) is 10.1. The second-order valence-electron chi connectivity index (χ2n) is 3.17. The Balaban J connectivity index is 3.07. The first kappa shape index (κ1) is 10.6. The molecule has 2 atom stereocenters. The van der Waals surface area contributed by atoms with Crippen LogP contribution in [0.5, 0.6) is 0 Å². The molecule has 0 aliphatic rings. The molecule has 0 spiro atoms. The number of nitrogens with zero attached hydrogens (tertiary/aromatic N) is 1. The van der Waals surface area contributed by atoms with Crippen LogP contribution in [-0.4, -0.2) is 21.3 Å². The summed E-state index contributed by atoms with van der Waals surface area (Å²) < 4.78 is 0.644. The first-order valence-corrected chi connectivity index (χ1v) is 4.77. The summed E-state index contributed by atoms with van der Waals surface area (Å²) in [6.45, 7) is 3.06. The highest BCUT2D eigenvalue weighted by molar-refractivity contribution is 9.10. The number of aliphatic hydroxyl groups excluding tert-OH is 1. The average molecular weight is 246 g/mol. The lowest BCUT2D eigenvalue weighted by Gasteiger charge is -2.25. The molecule has 0 saturated carbocycles. The van der Waals surface area contributed by atoms with E-state index >= 15 is 0 Å². The molecule has 3 nitrogen and oxygen atoms in total. The van der Waals surface area contributed by atoms with Gasteiger partial charge in [-0.25, -0.2) is 4.98 Å². The molecule has 1 heterocycles. The van der Waals surface area contributed by atoms with E-state index in [2.05, 4.69) is 20.9 Å². The third kappa shape index (κ3) is 2.27. The van der Waals surface area contributed by atoms with Crippen LogP contribution in [0.25, 0.3) is 0 Å². The van der Waals surface area contributed by atoms with Gasteiger partial charge in [-0.3, -0.25) is 0 Å². The Labute approximate surface area is 85.6 Å². The van der Waals surface area contributed by atoms with Gasteiger partial charge in [-0.1, -0.05) is 6.07 Å². The Bertz CT molecular complexity index is 299. The Kier molecular flexibility index (Phi) is 3.05. The van der Waals surface area contributed by atoms with Crippen molar-refractivity contribution in [1.82, 2.24) is 4.98 Å². The number of hydrogen-bond acceptors (Lipinski definition) is 3. The zero-order valence-corrected chi connectivity index (χ0v) is 9.12. The minimum absolute atomic E-state index is 0.455. The molecule has 1 rings (SSSR count). The number of pyridine rings is 1. The molecule has 1 aromatic heterocycles. The van der Waals surface area contributed by atoms with E-state index in [1.54, 1.807) is 18.2 Å². The van der Waals surface area contributed by atoms with Gasteiger partial charge in [0.1, 0.15) is 10.2 Å². The van der Waals surface area contributed by atoms with E-state index in [-0.39, 0.29) is 0 Å². The lowest BCUT2D eigenvalue weighted by Crippen LogP contribution is -2.35. The van der Waals surface area contributed by atoms with E-state index < -0.39 is 11.7 Å². The van der Waals surface area contributed by atoms with Gasteiger partial charge in [0.2, 0.25) is 0 Å². The monoisotopic (exact) mass is 245 g/mol. The van der Waals surface area contributed by atoms with Crippen molar-refractivity contribution in [2.75, 3.05) is 0 Å². The smallest absolute Gasteiger partial charge is 0.129 e. The van der Waals surface area contributed by atoms with Gasteiger partial charge >= 0.3 is 0 Å². The highest BCUT2D eigenvalue weighted by Gasteiger charge is 2.30. The lowest BCUT2D eigenvalue weighted by atomic mass is 9.96. The van der Waals surface area contributed by atoms with E-state index in [0.29, 0.717) is 10.3 Å². The molecule has 1 aromatic rings. The van der Waals surface area contributed by atoms with Crippen LogP contribution in [0.1, 0.15) is 19.5 Å². The van der Waals surface area contributed by atoms with Gasteiger partial charge in [0, 0.05) is 0 Å². The van der Waals surface area contributed by atoms with Crippen LogP contribution in [0.3, 0.4) is 0 Å². The second kappa shape index (κ2) is 3.74. The maximum Gasteiger partial charge on any atom is 0.129 e. The summed E-state index contributed by atoms with van der Waals surface area (Å²) in [5.74, 6) is 0. The van der Waals surface area contributed by atoms with E-state index in [1.165, 1.54) is 13.8 Å². The molecule has 0 amide bonds. The first-order chi connectivity index (χ1) is 5.94. The van der Waals surface area contributed by atoms with Crippen molar-refractivity contribution in [2.24, 2.45) is 0 Å². The normalized spacial score (nSPS) is 17.9. The second-order valence-corrected chi connectivity index (χ2v) is 3.98.